The Morgan fingerprint density at radius 3 is 2.69 bits per heavy atom. The number of hydrogen-bond donors (Lipinski definition) is 0. The van der Waals surface area contributed by atoms with Crippen molar-refractivity contribution < 1.29 is 14.3 Å². The van der Waals surface area contributed by atoms with Crippen LogP contribution in [0.1, 0.15) is 44.0 Å². The van der Waals surface area contributed by atoms with Crippen molar-refractivity contribution >= 4 is 29.3 Å². The number of amides is 1. The van der Waals surface area contributed by atoms with E-state index in [-0.39, 0.29) is 5.78 Å². The number of rotatable bonds is 1. The second kappa shape index (κ2) is 7.08. The molecule has 136 valence electrons. The van der Waals surface area contributed by atoms with Crippen molar-refractivity contribution in [1.82, 2.24) is 4.98 Å². The van der Waals surface area contributed by atoms with Crippen molar-refractivity contribution in [3.8, 4) is 11.3 Å². The number of benzene rings is 1. The molecule has 0 radical (unpaired) electrons. The molecule has 0 N–H and O–H groups in total. The first-order chi connectivity index (χ1) is 12.2. The van der Waals surface area contributed by atoms with Crippen molar-refractivity contribution in [2.24, 2.45) is 0 Å². The van der Waals surface area contributed by atoms with Crippen LogP contribution >= 0.6 is 11.6 Å². The summed E-state index contributed by atoms with van der Waals surface area (Å²) >= 11 is 6.07. The van der Waals surface area contributed by atoms with Gasteiger partial charge in [-0.05, 0) is 51.5 Å². The SMILES string of the molecule is CC(C)(C)OC(=O)N1CCCC(=O)c2ccc(-c3cccc(Cl)c3)nc21. The number of hydrogen-bond acceptors (Lipinski definition) is 4. The number of carbonyl (C=O) groups excluding carboxylic acids is 2. The number of carbonyl (C=O) groups is 2. The Labute approximate surface area is 157 Å². The van der Waals surface area contributed by atoms with Crippen molar-refractivity contribution in [2.75, 3.05) is 11.4 Å². The minimum Gasteiger partial charge on any atom is -0.443 e. The Morgan fingerprint density at radius 1 is 1.23 bits per heavy atom. The van der Waals surface area contributed by atoms with E-state index in [4.69, 9.17) is 16.3 Å². The van der Waals surface area contributed by atoms with Gasteiger partial charge in [0.1, 0.15) is 11.4 Å². The van der Waals surface area contributed by atoms with Gasteiger partial charge in [-0.3, -0.25) is 9.69 Å². The quantitative estimate of drug-likeness (QED) is 0.697. The summed E-state index contributed by atoms with van der Waals surface area (Å²) in [5.74, 6) is 0.329. The lowest BCUT2D eigenvalue weighted by atomic mass is 10.1. The zero-order valence-electron chi connectivity index (χ0n) is 15.1. The lowest BCUT2D eigenvalue weighted by Gasteiger charge is -2.26. The van der Waals surface area contributed by atoms with Crippen LogP contribution in [-0.2, 0) is 4.74 Å². The fourth-order valence-corrected chi connectivity index (χ4v) is 3.00. The summed E-state index contributed by atoms with van der Waals surface area (Å²) in [6, 6.07) is 10.8. The molecule has 0 aliphatic carbocycles. The molecule has 0 bridgehead atoms. The largest absolute Gasteiger partial charge is 0.443 e. The summed E-state index contributed by atoms with van der Waals surface area (Å²) < 4.78 is 5.50. The highest BCUT2D eigenvalue weighted by molar-refractivity contribution is 6.30. The van der Waals surface area contributed by atoms with Crippen LogP contribution in [0.4, 0.5) is 10.6 Å². The third kappa shape index (κ3) is 4.05. The molecule has 2 heterocycles. The van der Waals surface area contributed by atoms with Gasteiger partial charge in [-0.25, -0.2) is 9.78 Å². The monoisotopic (exact) mass is 372 g/mol. The average molecular weight is 373 g/mol. The van der Waals surface area contributed by atoms with E-state index in [0.29, 0.717) is 41.5 Å². The van der Waals surface area contributed by atoms with E-state index in [1.165, 1.54) is 4.90 Å². The van der Waals surface area contributed by atoms with E-state index in [1.807, 2.05) is 32.9 Å². The van der Waals surface area contributed by atoms with E-state index in [0.717, 1.165) is 5.56 Å². The molecule has 0 saturated heterocycles. The second-order valence-electron chi connectivity index (χ2n) is 7.24. The topological polar surface area (TPSA) is 59.5 Å². The Balaban J connectivity index is 2.06. The van der Waals surface area contributed by atoms with E-state index in [2.05, 4.69) is 4.98 Å². The van der Waals surface area contributed by atoms with Crippen LogP contribution in [0.15, 0.2) is 36.4 Å². The maximum absolute atomic E-state index is 12.7. The zero-order chi connectivity index (χ0) is 18.9. The summed E-state index contributed by atoms with van der Waals surface area (Å²) in [5.41, 5.74) is 1.28. The van der Waals surface area contributed by atoms with Gasteiger partial charge in [0.15, 0.2) is 5.78 Å². The van der Waals surface area contributed by atoms with Crippen LogP contribution in [0.3, 0.4) is 0 Å². The van der Waals surface area contributed by atoms with Gasteiger partial charge in [-0.15, -0.1) is 0 Å². The van der Waals surface area contributed by atoms with E-state index >= 15 is 0 Å². The molecular formula is C20H21ClN2O3. The first kappa shape index (κ1) is 18.4. The number of pyridine rings is 1. The normalized spacial score (nSPS) is 14.6. The summed E-state index contributed by atoms with van der Waals surface area (Å²) in [7, 11) is 0. The maximum Gasteiger partial charge on any atom is 0.416 e. The lowest BCUT2D eigenvalue weighted by molar-refractivity contribution is 0.0579. The molecule has 1 aliphatic rings. The fraction of sp³-hybridized carbons (Fsp3) is 0.350. The number of ether oxygens (including phenoxy) is 1. The van der Waals surface area contributed by atoms with Crippen molar-refractivity contribution in [1.29, 1.82) is 0 Å². The molecular weight excluding hydrogens is 352 g/mol. The molecule has 1 amide bonds. The summed E-state index contributed by atoms with van der Waals surface area (Å²) in [5, 5.41) is 0.597. The highest BCUT2D eigenvalue weighted by Gasteiger charge is 2.30. The van der Waals surface area contributed by atoms with Gasteiger partial charge in [-0.1, -0.05) is 23.7 Å². The van der Waals surface area contributed by atoms with Crippen molar-refractivity contribution in [3.63, 3.8) is 0 Å². The van der Waals surface area contributed by atoms with Gasteiger partial charge < -0.3 is 4.74 Å². The van der Waals surface area contributed by atoms with Crippen LogP contribution < -0.4 is 4.90 Å². The van der Waals surface area contributed by atoms with Crippen LogP contribution in [0, 0.1) is 0 Å². The first-order valence-electron chi connectivity index (χ1n) is 8.55. The molecule has 0 fully saturated rings. The van der Waals surface area contributed by atoms with Crippen LogP contribution in [0.25, 0.3) is 11.3 Å². The Kier molecular flexibility index (Phi) is 5.01. The number of ketones is 1. The average Bonchev–Trinajstić information content (AvgIpc) is 2.72. The van der Waals surface area contributed by atoms with Gasteiger partial charge >= 0.3 is 6.09 Å². The lowest BCUT2D eigenvalue weighted by Crippen LogP contribution is -2.38. The molecule has 6 heteroatoms. The summed E-state index contributed by atoms with van der Waals surface area (Å²) in [6.07, 6.45) is 0.454. The molecule has 0 unspecified atom stereocenters. The molecule has 1 aromatic carbocycles. The molecule has 26 heavy (non-hydrogen) atoms. The zero-order valence-corrected chi connectivity index (χ0v) is 15.8. The van der Waals surface area contributed by atoms with Gasteiger partial charge in [0.2, 0.25) is 0 Å². The minimum atomic E-state index is -0.627. The first-order valence-corrected chi connectivity index (χ1v) is 8.93. The molecule has 0 spiro atoms. The molecule has 2 aromatic rings. The number of aromatic nitrogens is 1. The van der Waals surface area contributed by atoms with Crippen LogP contribution in [-0.4, -0.2) is 29.0 Å². The molecule has 3 rings (SSSR count). The van der Waals surface area contributed by atoms with E-state index < -0.39 is 11.7 Å². The van der Waals surface area contributed by atoms with Crippen LogP contribution in [0.5, 0.6) is 0 Å². The summed E-state index contributed by atoms with van der Waals surface area (Å²) in [4.78, 5) is 31.2. The molecule has 5 nitrogen and oxygen atoms in total. The smallest absolute Gasteiger partial charge is 0.416 e. The predicted molar refractivity (Wildman–Crippen MR) is 102 cm³/mol. The number of Topliss-reactive ketones (excluding diaryl/α,β-unsaturated/α-hetero) is 1. The highest BCUT2D eigenvalue weighted by Crippen LogP contribution is 2.30. The second-order valence-corrected chi connectivity index (χ2v) is 7.67. The van der Waals surface area contributed by atoms with E-state index in [9.17, 15) is 9.59 Å². The molecule has 1 aliphatic heterocycles. The van der Waals surface area contributed by atoms with Gasteiger partial charge in [0.25, 0.3) is 0 Å². The molecule has 0 atom stereocenters. The standard InChI is InChI=1S/C20H21ClN2O3/c1-20(2,3)26-19(25)23-11-5-8-17(24)15-9-10-16(22-18(15)23)13-6-4-7-14(21)12-13/h4,6-7,9-10,12H,5,8,11H2,1-3H3. The van der Waals surface area contributed by atoms with Gasteiger partial charge in [0, 0.05) is 23.6 Å². The molecule has 0 saturated carbocycles. The third-order valence-corrected chi connectivity index (χ3v) is 4.19. The number of nitrogens with zero attached hydrogens (tertiary/aromatic N) is 2. The van der Waals surface area contributed by atoms with Crippen molar-refractivity contribution in [3.05, 3.63) is 47.0 Å². The van der Waals surface area contributed by atoms with Crippen LogP contribution in [0.2, 0.25) is 5.02 Å². The Bertz CT molecular complexity index is 858. The van der Waals surface area contributed by atoms with E-state index in [1.54, 1.807) is 24.3 Å². The van der Waals surface area contributed by atoms with Gasteiger partial charge in [0.05, 0.1) is 11.3 Å². The molecule has 1 aromatic heterocycles. The third-order valence-electron chi connectivity index (χ3n) is 3.95. The van der Waals surface area contributed by atoms with Crippen molar-refractivity contribution in [2.45, 2.75) is 39.2 Å². The number of anilines is 1. The van der Waals surface area contributed by atoms with Gasteiger partial charge in [-0.2, -0.15) is 0 Å². The number of halogens is 1. The minimum absolute atomic E-state index is 0.0174. The maximum atomic E-state index is 12.7. The summed E-state index contributed by atoms with van der Waals surface area (Å²) in [6.45, 7) is 5.82. The fourth-order valence-electron chi connectivity index (χ4n) is 2.81. The number of fused-ring (bicyclic) bond motifs is 1. The Morgan fingerprint density at radius 2 is 2.00 bits per heavy atom. The predicted octanol–water partition coefficient (Wildman–Crippen LogP) is 5.12. The highest BCUT2D eigenvalue weighted by atomic mass is 35.5. The Hall–Kier alpha value is -2.40.